The standard InChI is InChI=1S/C31H24Cl2F3N5O3.C6H11N3O/c1-40-22-14-23(31(34,35)36)39-27(24(22)29(42)41(2)30(40)43)37-20-12-6-10-18(26(20)33)17-9-5-11-19(25(17)32)21-13-15-7-4-8-16(15)28(38-21)44-3;10-5-8-4-6(9-5)1-2-7-3-6/h5-6,9-14H,4,7-8H2,1-3H3,(H,37,39);7H,1-4H2,(H2,8,9,10). The zero-order valence-corrected chi connectivity index (χ0v) is 30.9. The summed E-state index contributed by atoms with van der Waals surface area (Å²) in [6.07, 6.45) is -0.985. The second-order valence-electron chi connectivity index (χ2n) is 13.4. The minimum absolute atomic E-state index is 0.0244. The first kappa shape index (κ1) is 37.2. The van der Waals surface area contributed by atoms with Crippen molar-refractivity contribution in [2.45, 2.75) is 37.4 Å². The van der Waals surface area contributed by atoms with Gasteiger partial charge in [0.15, 0.2) is 0 Å². The summed E-state index contributed by atoms with van der Waals surface area (Å²) < 4.78 is 48.8. The second-order valence-corrected chi connectivity index (χ2v) is 14.2. The highest BCUT2D eigenvalue weighted by atomic mass is 35.5. The summed E-state index contributed by atoms with van der Waals surface area (Å²) in [6, 6.07) is 13.0. The number of pyridine rings is 2. The Morgan fingerprint density at radius 1 is 0.926 bits per heavy atom. The minimum Gasteiger partial charge on any atom is -0.481 e. The number of alkyl halides is 3. The maximum atomic E-state index is 13.8. The molecule has 2 aromatic carbocycles. The van der Waals surface area contributed by atoms with Gasteiger partial charge in [-0.05, 0) is 56.0 Å². The first-order valence-electron chi connectivity index (χ1n) is 17.1. The van der Waals surface area contributed by atoms with Crippen LogP contribution in [-0.2, 0) is 33.1 Å². The number of ether oxygens (including phenoxy) is 1. The summed E-state index contributed by atoms with van der Waals surface area (Å²) in [4.78, 5) is 44.8. The van der Waals surface area contributed by atoms with Gasteiger partial charge in [0, 0.05) is 49.4 Å². The van der Waals surface area contributed by atoms with Crippen LogP contribution in [-0.4, -0.2) is 57.4 Å². The van der Waals surface area contributed by atoms with Crippen LogP contribution in [0, 0.1) is 0 Å². The maximum Gasteiger partial charge on any atom is 0.433 e. The lowest BCUT2D eigenvalue weighted by molar-refractivity contribution is -0.141. The molecule has 3 aliphatic rings. The zero-order valence-electron chi connectivity index (χ0n) is 29.4. The Kier molecular flexibility index (Phi) is 9.83. The molecule has 1 unspecified atom stereocenters. The molecule has 0 bridgehead atoms. The van der Waals surface area contributed by atoms with Crippen LogP contribution in [0.5, 0.6) is 5.88 Å². The maximum absolute atomic E-state index is 13.8. The van der Waals surface area contributed by atoms with Crippen molar-refractivity contribution in [3.8, 4) is 28.3 Å². The molecular formula is C37H35Cl2F3N8O4. The number of aromatic nitrogens is 4. The average Bonchev–Trinajstić information content (AvgIpc) is 3.91. The lowest BCUT2D eigenvalue weighted by Crippen LogP contribution is -2.45. The van der Waals surface area contributed by atoms with Crippen LogP contribution in [0.25, 0.3) is 33.3 Å². The molecule has 1 spiro atoms. The van der Waals surface area contributed by atoms with E-state index in [0.29, 0.717) is 39.4 Å². The Bertz CT molecular complexity index is 2440. The lowest BCUT2D eigenvalue weighted by atomic mass is 9.99. The summed E-state index contributed by atoms with van der Waals surface area (Å²) in [7, 11) is 4.10. The van der Waals surface area contributed by atoms with E-state index in [1.807, 2.05) is 12.1 Å². The van der Waals surface area contributed by atoms with Crippen LogP contribution < -0.4 is 37.3 Å². The van der Waals surface area contributed by atoms with E-state index < -0.39 is 28.9 Å². The first-order valence-corrected chi connectivity index (χ1v) is 17.8. The van der Waals surface area contributed by atoms with Gasteiger partial charge in [-0.1, -0.05) is 53.5 Å². The number of rotatable bonds is 5. The van der Waals surface area contributed by atoms with Crippen molar-refractivity contribution < 1.29 is 22.7 Å². The molecule has 12 nitrogen and oxygen atoms in total. The molecule has 5 aromatic rings. The van der Waals surface area contributed by atoms with Crippen molar-refractivity contribution >= 4 is 51.6 Å². The molecule has 1 aliphatic carbocycles. The molecule has 2 saturated heterocycles. The Labute approximate surface area is 316 Å². The fourth-order valence-corrected chi connectivity index (χ4v) is 7.76. The topological polar surface area (TPSA) is 144 Å². The Morgan fingerprint density at radius 3 is 2.31 bits per heavy atom. The number of hydrogen-bond donors (Lipinski definition) is 4. The van der Waals surface area contributed by atoms with Gasteiger partial charge in [0.1, 0.15) is 16.9 Å². The number of fused-ring (bicyclic) bond motifs is 2. The molecule has 5 heterocycles. The largest absolute Gasteiger partial charge is 0.481 e. The molecule has 2 aliphatic heterocycles. The van der Waals surface area contributed by atoms with E-state index in [0.717, 1.165) is 65.6 Å². The van der Waals surface area contributed by atoms with Gasteiger partial charge >= 0.3 is 17.9 Å². The average molecular weight is 784 g/mol. The highest BCUT2D eigenvalue weighted by Crippen LogP contribution is 2.43. The molecule has 0 radical (unpaired) electrons. The van der Waals surface area contributed by atoms with Gasteiger partial charge < -0.3 is 26.0 Å². The summed E-state index contributed by atoms with van der Waals surface area (Å²) in [5.74, 6) is 0.157. The van der Waals surface area contributed by atoms with E-state index in [2.05, 4.69) is 26.3 Å². The monoisotopic (exact) mass is 782 g/mol. The van der Waals surface area contributed by atoms with Crippen LogP contribution in [0.15, 0.2) is 58.1 Å². The number of nitrogens with zero attached hydrogens (tertiary/aromatic N) is 4. The fraction of sp³-hybridized carbons (Fsp3) is 0.324. The van der Waals surface area contributed by atoms with Crippen LogP contribution >= 0.6 is 23.2 Å². The van der Waals surface area contributed by atoms with Crippen molar-refractivity contribution in [1.82, 2.24) is 35.1 Å². The van der Waals surface area contributed by atoms with E-state index >= 15 is 0 Å². The molecule has 3 aromatic heterocycles. The Morgan fingerprint density at radius 2 is 1.65 bits per heavy atom. The third-order valence-corrected chi connectivity index (χ3v) is 10.8. The van der Waals surface area contributed by atoms with Crippen molar-refractivity contribution in [1.29, 1.82) is 0 Å². The Balaban J connectivity index is 0.000000386. The number of hydrogen-bond acceptors (Lipinski definition) is 8. The number of amides is 2. The fourth-order valence-electron chi connectivity index (χ4n) is 7.16. The van der Waals surface area contributed by atoms with Gasteiger partial charge in [0.05, 0.1) is 39.6 Å². The predicted octanol–water partition coefficient (Wildman–Crippen LogP) is 5.96. The third-order valence-electron chi connectivity index (χ3n) is 10.0. The number of anilines is 2. The number of nitrogens with one attached hydrogen (secondary N) is 4. The number of carbonyl (C=O) groups excluding carboxylic acids is 1. The number of urea groups is 1. The van der Waals surface area contributed by atoms with Crippen molar-refractivity contribution in [2.75, 3.05) is 32.1 Å². The molecule has 4 N–H and O–H groups in total. The third kappa shape index (κ3) is 6.75. The number of benzene rings is 2. The van der Waals surface area contributed by atoms with Gasteiger partial charge in [-0.2, -0.15) is 13.2 Å². The van der Waals surface area contributed by atoms with Crippen molar-refractivity contribution in [2.24, 2.45) is 14.1 Å². The van der Waals surface area contributed by atoms with Crippen molar-refractivity contribution in [3.63, 3.8) is 0 Å². The summed E-state index contributed by atoms with van der Waals surface area (Å²) >= 11 is 13.8. The molecule has 54 heavy (non-hydrogen) atoms. The molecule has 282 valence electrons. The molecule has 0 saturated carbocycles. The smallest absolute Gasteiger partial charge is 0.433 e. The molecule has 8 rings (SSSR count). The number of methoxy groups -OCH3 is 1. The summed E-state index contributed by atoms with van der Waals surface area (Å²) in [6.45, 7) is 2.70. The van der Waals surface area contributed by atoms with Crippen LogP contribution in [0.1, 0.15) is 29.7 Å². The van der Waals surface area contributed by atoms with Gasteiger partial charge in [-0.3, -0.25) is 13.9 Å². The van der Waals surface area contributed by atoms with E-state index in [1.165, 1.54) is 20.2 Å². The number of aryl methyl sites for hydroxylation is 2. The second kappa shape index (κ2) is 14.3. The van der Waals surface area contributed by atoms with Crippen LogP contribution in [0.4, 0.5) is 29.5 Å². The van der Waals surface area contributed by atoms with E-state index in [-0.39, 0.29) is 33.2 Å². The summed E-state index contributed by atoms with van der Waals surface area (Å²) in [5, 5.41) is 12.0. The minimum atomic E-state index is -4.85. The number of halogens is 5. The SMILES string of the molecule is COc1nc(-c2cccc(-c3cccc(Nc4nc(C(F)(F)F)cc5c4c(=O)n(C)c(=O)n5C)c3Cl)c2Cl)cc2c1CCC2.O=C1NCC2(CCNC2)N1. The van der Waals surface area contributed by atoms with Gasteiger partial charge in [0.25, 0.3) is 5.56 Å². The van der Waals surface area contributed by atoms with E-state index in [4.69, 9.17) is 32.9 Å². The zero-order chi connectivity index (χ0) is 38.5. The van der Waals surface area contributed by atoms with Crippen LogP contribution in [0.2, 0.25) is 10.0 Å². The molecule has 2 fully saturated rings. The van der Waals surface area contributed by atoms with Gasteiger partial charge in [0.2, 0.25) is 5.88 Å². The normalized spacial score (nSPS) is 17.6. The number of carbonyl (C=O) groups is 1. The molecular weight excluding hydrogens is 748 g/mol. The van der Waals surface area contributed by atoms with E-state index in [9.17, 15) is 27.6 Å². The summed E-state index contributed by atoms with van der Waals surface area (Å²) in [5.41, 5.74) is 1.68. The molecule has 1 atom stereocenters. The highest BCUT2D eigenvalue weighted by molar-refractivity contribution is 6.39. The molecule has 17 heteroatoms. The lowest BCUT2D eigenvalue weighted by Gasteiger charge is -2.18. The Hall–Kier alpha value is -5.12. The quantitative estimate of drug-likeness (QED) is 0.171. The first-order chi connectivity index (χ1) is 25.7. The van der Waals surface area contributed by atoms with E-state index in [1.54, 1.807) is 31.4 Å². The highest BCUT2D eigenvalue weighted by Gasteiger charge is 2.40. The van der Waals surface area contributed by atoms with Gasteiger partial charge in [-0.25, -0.2) is 19.6 Å². The van der Waals surface area contributed by atoms with Crippen molar-refractivity contribution in [3.05, 3.63) is 96.2 Å². The molecule has 2 amide bonds. The van der Waals surface area contributed by atoms with Gasteiger partial charge in [-0.15, -0.1) is 0 Å². The predicted molar refractivity (Wildman–Crippen MR) is 201 cm³/mol. The van der Waals surface area contributed by atoms with Crippen LogP contribution in [0.3, 0.4) is 0 Å².